The fourth-order valence-electron chi connectivity index (χ4n) is 1.86. The standard InChI is InChI=1S/C13H13F3N2/c1-9(10-4-6-17-7-5-10)12-3-2-11(18-12)8-13(14,15)16/h2-7,9,18H,8H2,1H3. The number of hydrogen-bond acceptors (Lipinski definition) is 1. The Labute approximate surface area is 103 Å². The first-order valence-corrected chi connectivity index (χ1v) is 5.60. The minimum atomic E-state index is -4.18. The van der Waals surface area contributed by atoms with Crippen molar-refractivity contribution in [2.45, 2.75) is 25.4 Å². The summed E-state index contributed by atoms with van der Waals surface area (Å²) in [5.74, 6) is 0.0231. The molecule has 0 aliphatic heterocycles. The first kappa shape index (κ1) is 12.7. The van der Waals surface area contributed by atoms with Gasteiger partial charge in [0.05, 0.1) is 6.42 Å². The van der Waals surface area contributed by atoms with Crippen molar-refractivity contribution in [1.29, 1.82) is 0 Å². The molecule has 0 spiro atoms. The maximum atomic E-state index is 12.2. The number of halogens is 3. The van der Waals surface area contributed by atoms with Crippen LogP contribution in [0, 0.1) is 0 Å². The van der Waals surface area contributed by atoms with Gasteiger partial charge in [-0.2, -0.15) is 13.2 Å². The van der Waals surface area contributed by atoms with Crippen molar-refractivity contribution in [2.75, 3.05) is 0 Å². The van der Waals surface area contributed by atoms with Crippen LogP contribution < -0.4 is 0 Å². The molecule has 2 nitrogen and oxygen atoms in total. The molecule has 5 heteroatoms. The van der Waals surface area contributed by atoms with Gasteiger partial charge < -0.3 is 4.98 Å². The lowest BCUT2D eigenvalue weighted by molar-refractivity contribution is -0.127. The molecule has 0 amide bonds. The van der Waals surface area contributed by atoms with E-state index in [0.29, 0.717) is 0 Å². The average molecular weight is 254 g/mol. The lowest BCUT2D eigenvalue weighted by Gasteiger charge is -2.10. The van der Waals surface area contributed by atoms with Gasteiger partial charge in [-0.1, -0.05) is 6.92 Å². The van der Waals surface area contributed by atoms with Crippen LogP contribution in [0.4, 0.5) is 13.2 Å². The molecule has 0 fully saturated rings. The molecule has 1 atom stereocenters. The largest absolute Gasteiger partial charge is 0.394 e. The van der Waals surface area contributed by atoms with Crippen LogP contribution in [0.1, 0.15) is 29.8 Å². The highest BCUT2D eigenvalue weighted by molar-refractivity contribution is 5.27. The van der Waals surface area contributed by atoms with Gasteiger partial charge in [-0.05, 0) is 29.8 Å². The number of pyridine rings is 1. The number of nitrogens with zero attached hydrogens (tertiary/aromatic N) is 1. The normalized spacial score (nSPS) is 13.6. The molecule has 0 bridgehead atoms. The summed E-state index contributed by atoms with van der Waals surface area (Å²) in [5.41, 5.74) is 1.99. The Bertz CT molecular complexity index is 502. The van der Waals surface area contributed by atoms with E-state index in [9.17, 15) is 13.2 Å². The van der Waals surface area contributed by atoms with Gasteiger partial charge in [-0.25, -0.2) is 0 Å². The van der Waals surface area contributed by atoms with Crippen molar-refractivity contribution in [1.82, 2.24) is 9.97 Å². The Kier molecular flexibility index (Phi) is 3.41. The number of hydrogen-bond donors (Lipinski definition) is 1. The second kappa shape index (κ2) is 4.84. The first-order chi connectivity index (χ1) is 8.46. The molecule has 0 aromatic carbocycles. The van der Waals surface area contributed by atoms with E-state index in [-0.39, 0.29) is 11.6 Å². The van der Waals surface area contributed by atoms with Crippen molar-refractivity contribution < 1.29 is 13.2 Å². The Hall–Kier alpha value is -1.78. The van der Waals surface area contributed by atoms with E-state index in [2.05, 4.69) is 9.97 Å². The van der Waals surface area contributed by atoms with Gasteiger partial charge in [0.2, 0.25) is 0 Å². The summed E-state index contributed by atoms with van der Waals surface area (Å²) in [5, 5.41) is 0. The number of alkyl halides is 3. The van der Waals surface area contributed by atoms with Crippen molar-refractivity contribution in [3.63, 3.8) is 0 Å². The van der Waals surface area contributed by atoms with Gasteiger partial charge in [0.15, 0.2) is 0 Å². The molecule has 96 valence electrons. The van der Waals surface area contributed by atoms with Gasteiger partial charge in [-0.3, -0.25) is 4.98 Å². The summed E-state index contributed by atoms with van der Waals surface area (Å²) in [6.07, 6.45) is -1.76. The van der Waals surface area contributed by atoms with E-state index < -0.39 is 12.6 Å². The zero-order chi connectivity index (χ0) is 13.2. The SMILES string of the molecule is CC(c1ccncc1)c1ccc(CC(F)(F)F)[nH]1. The van der Waals surface area contributed by atoms with E-state index in [1.807, 2.05) is 19.1 Å². The maximum absolute atomic E-state index is 12.2. The number of H-pyrrole nitrogens is 1. The average Bonchev–Trinajstić information content (AvgIpc) is 2.75. The summed E-state index contributed by atoms with van der Waals surface area (Å²) in [6.45, 7) is 1.94. The van der Waals surface area contributed by atoms with Crippen LogP contribution in [-0.2, 0) is 6.42 Å². The van der Waals surface area contributed by atoms with Crippen molar-refractivity contribution in [2.24, 2.45) is 0 Å². The highest BCUT2D eigenvalue weighted by Gasteiger charge is 2.28. The second-order valence-corrected chi connectivity index (χ2v) is 4.23. The maximum Gasteiger partial charge on any atom is 0.394 e. The van der Waals surface area contributed by atoms with E-state index in [1.54, 1.807) is 18.5 Å². The summed E-state index contributed by atoms with van der Waals surface area (Å²) < 4.78 is 36.7. The predicted molar refractivity (Wildman–Crippen MR) is 62.3 cm³/mol. The smallest absolute Gasteiger partial charge is 0.361 e. The highest BCUT2D eigenvalue weighted by Crippen LogP contribution is 2.25. The molecule has 2 aromatic rings. The Balaban J connectivity index is 2.15. The molecule has 0 radical (unpaired) electrons. The van der Waals surface area contributed by atoms with E-state index >= 15 is 0 Å². The first-order valence-electron chi connectivity index (χ1n) is 5.60. The molecule has 0 saturated heterocycles. The zero-order valence-electron chi connectivity index (χ0n) is 9.83. The second-order valence-electron chi connectivity index (χ2n) is 4.23. The lowest BCUT2D eigenvalue weighted by Crippen LogP contribution is -2.11. The third-order valence-corrected chi connectivity index (χ3v) is 2.83. The Morgan fingerprint density at radius 1 is 1.17 bits per heavy atom. The van der Waals surface area contributed by atoms with Crippen LogP contribution in [0.3, 0.4) is 0 Å². The van der Waals surface area contributed by atoms with E-state index in [0.717, 1.165) is 11.3 Å². The van der Waals surface area contributed by atoms with Crippen LogP contribution in [0.25, 0.3) is 0 Å². The molecule has 18 heavy (non-hydrogen) atoms. The Morgan fingerprint density at radius 3 is 2.44 bits per heavy atom. The molecule has 2 rings (SSSR count). The minimum Gasteiger partial charge on any atom is -0.361 e. The quantitative estimate of drug-likeness (QED) is 0.889. The summed E-state index contributed by atoms with van der Waals surface area (Å²) >= 11 is 0. The molecule has 0 saturated carbocycles. The van der Waals surface area contributed by atoms with Crippen LogP contribution in [0.2, 0.25) is 0 Å². The third-order valence-electron chi connectivity index (χ3n) is 2.83. The molecule has 1 unspecified atom stereocenters. The van der Waals surface area contributed by atoms with Gasteiger partial charge in [0.25, 0.3) is 0 Å². The molecule has 2 heterocycles. The summed E-state index contributed by atoms with van der Waals surface area (Å²) in [4.78, 5) is 6.74. The van der Waals surface area contributed by atoms with Gasteiger partial charge in [0, 0.05) is 29.7 Å². The number of aromatic nitrogens is 2. The highest BCUT2D eigenvalue weighted by atomic mass is 19.4. The van der Waals surface area contributed by atoms with Gasteiger partial charge in [-0.15, -0.1) is 0 Å². The minimum absolute atomic E-state index is 0.0231. The number of nitrogens with one attached hydrogen (secondary N) is 1. The molecule has 0 aliphatic carbocycles. The molecule has 1 N–H and O–H groups in total. The fraction of sp³-hybridized carbons (Fsp3) is 0.308. The van der Waals surface area contributed by atoms with Gasteiger partial charge >= 0.3 is 6.18 Å². The van der Waals surface area contributed by atoms with Crippen LogP contribution in [0.15, 0.2) is 36.7 Å². The van der Waals surface area contributed by atoms with Crippen LogP contribution in [-0.4, -0.2) is 16.1 Å². The van der Waals surface area contributed by atoms with Crippen LogP contribution in [0.5, 0.6) is 0 Å². The van der Waals surface area contributed by atoms with Crippen molar-refractivity contribution >= 4 is 0 Å². The monoisotopic (exact) mass is 254 g/mol. The summed E-state index contributed by atoms with van der Waals surface area (Å²) in [6, 6.07) is 6.90. The Morgan fingerprint density at radius 2 is 1.83 bits per heavy atom. The van der Waals surface area contributed by atoms with Crippen molar-refractivity contribution in [3.05, 3.63) is 53.6 Å². The topological polar surface area (TPSA) is 28.7 Å². The fourth-order valence-corrected chi connectivity index (χ4v) is 1.86. The van der Waals surface area contributed by atoms with Crippen molar-refractivity contribution in [3.8, 4) is 0 Å². The van der Waals surface area contributed by atoms with Gasteiger partial charge in [0.1, 0.15) is 0 Å². The number of aromatic amines is 1. The summed E-state index contributed by atoms with van der Waals surface area (Å²) in [7, 11) is 0. The lowest BCUT2D eigenvalue weighted by atomic mass is 9.99. The molecule has 0 aliphatic rings. The van der Waals surface area contributed by atoms with E-state index in [4.69, 9.17) is 0 Å². The number of rotatable bonds is 3. The van der Waals surface area contributed by atoms with E-state index in [1.165, 1.54) is 6.07 Å². The zero-order valence-corrected chi connectivity index (χ0v) is 9.83. The molecular formula is C13H13F3N2. The predicted octanol–water partition coefficient (Wildman–Crippen LogP) is 3.67. The van der Waals surface area contributed by atoms with Crippen LogP contribution >= 0.6 is 0 Å². The third kappa shape index (κ3) is 3.12. The molecule has 2 aromatic heterocycles. The molecular weight excluding hydrogens is 241 g/mol.